The first-order chi connectivity index (χ1) is 9.52. The summed E-state index contributed by atoms with van der Waals surface area (Å²) >= 11 is -1.03. The average Bonchev–Trinajstić information content (AvgIpc) is 2.39. The molecule has 0 spiro atoms. The quantitative estimate of drug-likeness (QED) is 0.187. The van der Waals surface area contributed by atoms with Crippen LogP contribution in [0.25, 0.3) is 0 Å². The van der Waals surface area contributed by atoms with Crippen molar-refractivity contribution < 1.29 is 76.6 Å². The molecule has 22 heavy (non-hydrogen) atoms. The molecule has 0 aliphatic carbocycles. The van der Waals surface area contributed by atoms with Gasteiger partial charge in [0.1, 0.15) is 0 Å². The Hall–Kier alpha value is 2.92. The van der Waals surface area contributed by atoms with Gasteiger partial charge in [-0.3, -0.25) is 8.42 Å². The molecule has 0 rings (SSSR count). The van der Waals surface area contributed by atoms with Crippen LogP contribution in [0.4, 0.5) is 0 Å². The van der Waals surface area contributed by atoms with E-state index in [4.69, 9.17) is 0 Å². The molecular weight excluding hydrogens is 382 g/mol. The molecule has 0 aliphatic rings. The third-order valence-electron chi connectivity index (χ3n) is 2.62. The Bertz CT molecular complexity index is 270. The van der Waals surface area contributed by atoms with Gasteiger partial charge in [0.25, 0.3) is 0 Å². The van der Waals surface area contributed by atoms with E-state index in [1.807, 2.05) is 13.8 Å². The van der Waals surface area contributed by atoms with Gasteiger partial charge in [-0.15, -0.1) is 23.5 Å². The zero-order valence-corrected chi connectivity index (χ0v) is 21.3. The van der Waals surface area contributed by atoms with E-state index in [1.54, 1.807) is 0 Å². The maximum atomic E-state index is 11.0. The molecule has 0 fully saturated rings. The van der Waals surface area contributed by atoms with Crippen LogP contribution in [0, 0.1) is 0 Å². The molecular formula is C12H24Na2O4S4. The van der Waals surface area contributed by atoms with Crippen LogP contribution in [0.3, 0.4) is 0 Å². The third kappa shape index (κ3) is 16.4. The van der Waals surface area contributed by atoms with Crippen molar-refractivity contribution in [2.75, 3.05) is 11.5 Å². The summed E-state index contributed by atoms with van der Waals surface area (Å²) in [6.07, 6.45) is 5.00. The summed E-state index contributed by atoms with van der Waals surface area (Å²) in [5.41, 5.74) is 0. The largest absolute Gasteiger partial charge is 1.00 e. The molecule has 10 heteroatoms. The van der Waals surface area contributed by atoms with Crippen LogP contribution in [0.15, 0.2) is 0 Å². The van der Waals surface area contributed by atoms with Crippen LogP contribution < -0.4 is 59.1 Å². The summed E-state index contributed by atoms with van der Waals surface area (Å²) < 4.78 is 43.2. The minimum atomic E-state index is -2.00. The molecule has 122 valence electrons. The second kappa shape index (κ2) is 20.2. The summed E-state index contributed by atoms with van der Waals surface area (Å²) in [7, 11) is 0. The van der Waals surface area contributed by atoms with Crippen molar-refractivity contribution >= 4 is 45.7 Å². The van der Waals surface area contributed by atoms with Crippen molar-refractivity contribution in [2.45, 2.75) is 61.5 Å². The van der Waals surface area contributed by atoms with E-state index in [0.717, 1.165) is 37.2 Å². The second-order valence-electron chi connectivity index (χ2n) is 4.41. The Balaban J connectivity index is -0.00000180. The zero-order chi connectivity index (χ0) is 15.4. The van der Waals surface area contributed by atoms with Gasteiger partial charge in [-0.1, -0.05) is 26.7 Å². The van der Waals surface area contributed by atoms with Gasteiger partial charge in [0.2, 0.25) is 0 Å². The van der Waals surface area contributed by atoms with E-state index in [-0.39, 0.29) is 68.3 Å². The van der Waals surface area contributed by atoms with Gasteiger partial charge in [-0.05, 0) is 59.3 Å². The summed E-state index contributed by atoms with van der Waals surface area (Å²) in [5.74, 6) is 1.64. The fourth-order valence-corrected chi connectivity index (χ4v) is 5.97. The van der Waals surface area contributed by atoms with E-state index in [2.05, 4.69) is 0 Å². The van der Waals surface area contributed by atoms with Crippen molar-refractivity contribution in [3.63, 3.8) is 0 Å². The molecule has 4 nitrogen and oxygen atoms in total. The monoisotopic (exact) mass is 406 g/mol. The fourth-order valence-electron chi connectivity index (χ4n) is 1.58. The average molecular weight is 407 g/mol. The molecule has 0 aliphatic heterocycles. The minimum Gasteiger partial charge on any atom is -0.771 e. The topological polar surface area (TPSA) is 80.3 Å². The number of rotatable bonds is 13. The van der Waals surface area contributed by atoms with Crippen LogP contribution in [-0.4, -0.2) is 38.2 Å². The SMILES string of the molecule is CCCC(SCCCCSC(CCC)S(=O)[O-])S(=O)[O-].[Na+].[Na+]. The van der Waals surface area contributed by atoms with Gasteiger partial charge >= 0.3 is 59.1 Å². The van der Waals surface area contributed by atoms with Crippen molar-refractivity contribution in [3.8, 4) is 0 Å². The fraction of sp³-hybridized carbons (Fsp3) is 1.00. The van der Waals surface area contributed by atoms with Gasteiger partial charge in [0.15, 0.2) is 0 Å². The van der Waals surface area contributed by atoms with Crippen molar-refractivity contribution in [3.05, 3.63) is 0 Å². The molecule has 0 bridgehead atoms. The number of hydrogen-bond donors (Lipinski definition) is 0. The molecule has 0 aromatic rings. The van der Waals surface area contributed by atoms with E-state index >= 15 is 0 Å². The van der Waals surface area contributed by atoms with Crippen LogP contribution >= 0.6 is 23.5 Å². The Morgan fingerprint density at radius 1 is 0.818 bits per heavy atom. The summed E-state index contributed by atoms with van der Waals surface area (Å²) in [6, 6.07) is 0. The van der Waals surface area contributed by atoms with Crippen LogP contribution in [-0.2, 0) is 22.2 Å². The van der Waals surface area contributed by atoms with Crippen molar-refractivity contribution in [1.82, 2.24) is 0 Å². The minimum absolute atomic E-state index is 0. The second-order valence-corrected chi connectivity index (χ2v) is 9.80. The number of unbranched alkanes of at least 4 members (excludes halogenated alkanes) is 1. The Kier molecular flexibility index (Phi) is 27.3. The maximum Gasteiger partial charge on any atom is 1.00 e. The Morgan fingerprint density at radius 3 is 1.36 bits per heavy atom. The number of thioether (sulfide) groups is 2. The van der Waals surface area contributed by atoms with Gasteiger partial charge < -0.3 is 9.11 Å². The van der Waals surface area contributed by atoms with Gasteiger partial charge in [-0.25, -0.2) is 0 Å². The zero-order valence-electron chi connectivity index (χ0n) is 14.1. The standard InChI is InChI=1S/C12H26O4S4.2Na/c1-3-7-11(19(13)14)17-9-5-6-10-18-12(8-4-2)20(15)16;;/h11-12H,3-10H2,1-2H3,(H,13,14)(H,15,16);;/q;2*+1/p-2. The molecule has 0 saturated carbocycles. The predicted molar refractivity (Wildman–Crippen MR) is 89.4 cm³/mol. The molecule has 4 unspecified atom stereocenters. The molecule has 0 N–H and O–H groups in total. The summed E-state index contributed by atoms with van der Waals surface area (Å²) in [4.78, 5) is 0. The van der Waals surface area contributed by atoms with Gasteiger partial charge in [-0.2, -0.15) is 0 Å². The predicted octanol–water partition coefficient (Wildman–Crippen LogP) is -2.75. The normalized spacial score (nSPS) is 16.0. The first-order valence-corrected chi connectivity index (χ1v) is 11.3. The van der Waals surface area contributed by atoms with Crippen LogP contribution in [0.2, 0.25) is 0 Å². The van der Waals surface area contributed by atoms with Crippen molar-refractivity contribution in [1.29, 1.82) is 0 Å². The molecule has 0 heterocycles. The molecule has 0 saturated heterocycles. The van der Waals surface area contributed by atoms with E-state index < -0.39 is 22.2 Å². The molecule has 0 amide bonds. The summed E-state index contributed by atoms with van der Waals surface area (Å²) in [6.45, 7) is 3.96. The van der Waals surface area contributed by atoms with Crippen LogP contribution in [0.5, 0.6) is 0 Å². The van der Waals surface area contributed by atoms with Gasteiger partial charge in [0, 0.05) is 0 Å². The number of hydrogen-bond acceptors (Lipinski definition) is 6. The molecule has 0 aromatic carbocycles. The maximum absolute atomic E-state index is 11.0. The Labute approximate surface area is 193 Å². The third-order valence-corrected chi connectivity index (χ3v) is 7.98. The smallest absolute Gasteiger partial charge is 0.771 e. The van der Waals surface area contributed by atoms with E-state index in [1.165, 1.54) is 23.5 Å². The summed E-state index contributed by atoms with van der Waals surface area (Å²) in [5, 5.41) is 0. The first kappa shape index (κ1) is 29.7. The molecule has 0 aromatic heterocycles. The first-order valence-electron chi connectivity index (χ1n) is 6.92. The van der Waals surface area contributed by atoms with E-state index in [9.17, 15) is 17.5 Å². The van der Waals surface area contributed by atoms with Gasteiger partial charge in [0.05, 0.1) is 9.16 Å². The van der Waals surface area contributed by atoms with E-state index in [0.29, 0.717) is 12.8 Å². The molecule has 0 radical (unpaired) electrons. The molecule has 4 atom stereocenters. The Morgan fingerprint density at radius 2 is 1.14 bits per heavy atom. The van der Waals surface area contributed by atoms with Crippen molar-refractivity contribution in [2.24, 2.45) is 0 Å². The van der Waals surface area contributed by atoms with Crippen LogP contribution in [0.1, 0.15) is 52.4 Å².